The highest BCUT2D eigenvalue weighted by Gasteiger charge is 2.31. The molecule has 0 bridgehead atoms. The van der Waals surface area contributed by atoms with Crippen LogP contribution in [0.2, 0.25) is 0 Å². The summed E-state index contributed by atoms with van der Waals surface area (Å²) in [5.74, 6) is 0.447. The number of aliphatic imine (C=N–C) groups is 1. The summed E-state index contributed by atoms with van der Waals surface area (Å²) in [4.78, 5) is 6.68. The Bertz CT molecular complexity index is 423. The van der Waals surface area contributed by atoms with Crippen molar-refractivity contribution in [3.8, 4) is 0 Å². The maximum Gasteiger partial charge on any atom is 0.0480 e. The Kier molecular flexibility index (Phi) is 4.53. The fourth-order valence-electron chi connectivity index (χ4n) is 2.59. The molecular weight excluding hydrogens is 236 g/mol. The maximum atomic E-state index is 8.41. The van der Waals surface area contributed by atoms with E-state index in [0.717, 1.165) is 56.0 Å². The average Bonchev–Trinajstić information content (AvgIpc) is 3.24. The molecule has 1 saturated heterocycles. The third-order valence-electron chi connectivity index (χ3n) is 3.85. The molecule has 104 valence electrons. The van der Waals surface area contributed by atoms with Crippen molar-refractivity contribution in [2.45, 2.75) is 26.7 Å². The fourth-order valence-corrected chi connectivity index (χ4v) is 2.59. The largest absolute Gasteiger partial charge is 0.372 e. The van der Waals surface area contributed by atoms with Crippen molar-refractivity contribution in [2.75, 3.05) is 26.2 Å². The standard InChI is InChI=1S/C15H24N4/c1-4-18-11(2)14(15(16)13-5-6-13)12(3)19-9-7-17-8-10-19/h4,13,16-17H,1,5-10H2,2-3H3/b14-12-,16-15?,18-11-. The van der Waals surface area contributed by atoms with Crippen LogP contribution in [-0.2, 0) is 0 Å². The van der Waals surface area contributed by atoms with E-state index >= 15 is 0 Å². The number of nitrogens with zero attached hydrogens (tertiary/aromatic N) is 2. The lowest BCUT2D eigenvalue weighted by molar-refractivity contribution is 0.299. The second-order valence-corrected chi connectivity index (χ2v) is 5.28. The molecule has 1 saturated carbocycles. The van der Waals surface area contributed by atoms with Gasteiger partial charge in [-0.25, -0.2) is 0 Å². The molecule has 2 fully saturated rings. The van der Waals surface area contributed by atoms with Gasteiger partial charge < -0.3 is 15.6 Å². The van der Waals surface area contributed by atoms with Crippen LogP contribution in [0.4, 0.5) is 0 Å². The molecule has 2 rings (SSSR count). The van der Waals surface area contributed by atoms with Gasteiger partial charge >= 0.3 is 0 Å². The molecule has 1 aliphatic heterocycles. The molecule has 0 spiro atoms. The molecule has 0 unspecified atom stereocenters. The van der Waals surface area contributed by atoms with E-state index in [1.54, 1.807) is 6.20 Å². The first-order valence-corrected chi connectivity index (χ1v) is 7.06. The molecule has 2 N–H and O–H groups in total. The topological polar surface area (TPSA) is 51.5 Å². The smallest absolute Gasteiger partial charge is 0.0480 e. The summed E-state index contributed by atoms with van der Waals surface area (Å²) in [6, 6.07) is 0. The van der Waals surface area contributed by atoms with Crippen molar-refractivity contribution in [3.05, 3.63) is 24.0 Å². The van der Waals surface area contributed by atoms with E-state index in [1.165, 1.54) is 5.70 Å². The molecule has 0 amide bonds. The summed E-state index contributed by atoms with van der Waals surface area (Å²) < 4.78 is 0. The Morgan fingerprint density at radius 1 is 1.32 bits per heavy atom. The lowest BCUT2D eigenvalue weighted by atomic mass is 9.99. The number of allylic oxidation sites excluding steroid dienone is 2. The number of rotatable bonds is 5. The lowest BCUT2D eigenvalue weighted by Gasteiger charge is -2.32. The third-order valence-corrected chi connectivity index (χ3v) is 3.85. The third kappa shape index (κ3) is 3.32. The quantitative estimate of drug-likeness (QED) is 0.745. The zero-order valence-electron chi connectivity index (χ0n) is 12.0. The van der Waals surface area contributed by atoms with Crippen LogP contribution in [0.1, 0.15) is 26.7 Å². The highest BCUT2D eigenvalue weighted by Crippen LogP contribution is 2.34. The Hall–Kier alpha value is -1.42. The molecule has 0 aromatic rings. The van der Waals surface area contributed by atoms with Gasteiger partial charge in [0.2, 0.25) is 0 Å². The van der Waals surface area contributed by atoms with E-state index in [1.807, 2.05) is 6.92 Å². The fraction of sp³-hybridized carbons (Fsp3) is 0.600. The molecule has 19 heavy (non-hydrogen) atoms. The minimum atomic E-state index is 0.447. The first-order valence-electron chi connectivity index (χ1n) is 7.06. The number of hydrogen-bond donors (Lipinski definition) is 2. The zero-order valence-corrected chi connectivity index (χ0v) is 12.0. The molecule has 4 nitrogen and oxygen atoms in total. The predicted octanol–water partition coefficient (Wildman–Crippen LogP) is 2.20. The van der Waals surface area contributed by atoms with Crippen molar-refractivity contribution >= 4 is 11.4 Å². The van der Waals surface area contributed by atoms with E-state index < -0.39 is 0 Å². The molecule has 1 heterocycles. The van der Waals surface area contributed by atoms with Gasteiger partial charge in [0.05, 0.1) is 0 Å². The van der Waals surface area contributed by atoms with Gasteiger partial charge in [-0.2, -0.15) is 0 Å². The highest BCUT2D eigenvalue weighted by molar-refractivity contribution is 6.24. The molecule has 2 aliphatic rings. The van der Waals surface area contributed by atoms with Gasteiger partial charge in [0, 0.05) is 61.0 Å². The average molecular weight is 260 g/mol. The van der Waals surface area contributed by atoms with Gasteiger partial charge in [-0.1, -0.05) is 6.58 Å². The van der Waals surface area contributed by atoms with E-state index in [2.05, 4.69) is 28.7 Å². The maximum absolute atomic E-state index is 8.41. The van der Waals surface area contributed by atoms with Crippen molar-refractivity contribution in [3.63, 3.8) is 0 Å². The zero-order chi connectivity index (χ0) is 13.8. The van der Waals surface area contributed by atoms with Crippen LogP contribution < -0.4 is 5.32 Å². The minimum Gasteiger partial charge on any atom is -0.372 e. The van der Waals surface area contributed by atoms with E-state index in [4.69, 9.17) is 5.41 Å². The molecule has 0 aromatic heterocycles. The molecule has 0 radical (unpaired) electrons. The lowest BCUT2D eigenvalue weighted by Crippen LogP contribution is -2.43. The second-order valence-electron chi connectivity index (χ2n) is 5.28. The summed E-state index contributed by atoms with van der Waals surface area (Å²) in [5, 5.41) is 11.8. The Balaban J connectivity index is 2.30. The van der Waals surface area contributed by atoms with Crippen LogP contribution in [0.25, 0.3) is 0 Å². The predicted molar refractivity (Wildman–Crippen MR) is 80.9 cm³/mol. The first-order chi connectivity index (χ1) is 9.15. The second kappa shape index (κ2) is 6.15. The van der Waals surface area contributed by atoms with Crippen molar-refractivity contribution < 1.29 is 0 Å². The van der Waals surface area contributed by atoms with Crippen molar-refractivity contribution in [1.29, 1.82) is 5.41 Å². The van der Waals surface area contributed by atoms with Gasteiger partial charge in [-0.05, 0) is 26.7 Å². The molecule has 0 aromatic carbocycles. The van der Waals surface area contributed by atoms with E-state index in [0.29, 0.717) is 5.92 Å². The van der Waals surface area contributed by atoms with Crippen LogP contribution in [-0.4, -0.2) is 42.5 Å². The van der Waals surface area contributed by atoms with Gasteiger partial charge in [0.15, 0.2) is 0 Å². The monoisotopic (exact) mass is 260 g/mol. The molecular formula is C15H24N4. The molecule has 4 heteroatoms. The minimum absolute atomic E-state index is 0.447. The summed E-state index contributed by atoms with van der Waals surface area (Å²) in [6.07, 6.45) is 3.87. The number of nitrogens with one attached hydrogen (secondary N) is 2. The number of hydrogen-bond acceptors (Lipinski definition) is 4. The van der Waals surface area contributed by atoms with E-state index in [-0.39, 0.29) is 0 Å². The summed E-state index contributed by atoms with van der Waals surface area (Å²) in [6.45, 7) is 11.8. The van der Waals surface area contributed by atoms with Crippen LogP contribution in [0, 0.1) is 11.3 Å². The van der Waals surface area contributed by atoms with Gasteiger partial charge in [0.25, 0.3) is 0 Å². The van der Waals surface area contributed by atoms with Gasteiger partial charge in [-0.15, -0.1) is 0 Å². The number of piperazine rings is 1. The summed E-state index contributed by atoms with van der Waals surface area (Å²) >= 11 is 0. The summed E-state index contributed by atoms with van der Waals surface area (Å²) in [5.41, 5.74) is 3.91. The Labute approximate surface area is 115 Å². The van der Waals surface area contributed by atoms with Crippen LogP contribution in [0.3, 0.4) is 0 Å². The van der Waals surface area contributed by atoms with Crippen LogP contribution in [0.5, 0.6) is 0 Å². The van der Waals surface area contributed by atoms with Gasteiger partial charge in [-0.3, -0.25) is 4.99 Å². The van der Waals surface area contributed by atoms with Crippen molar-refractivity contribution in [2.24, 2.45) is 10.9 Å². The van der Waals surface area contributed by atoms with Crippen LogP contribution >= 0.6 is 0 Å². The highest BCUT2D eigenvalue weighted by atomic mass is 15.2. The first kappa shape index (κ1) is 14.0. The Morgan fingerprint density at radius 2 is 1.95 bits per heavy atom. The molecule has 1 aliphatic carbocycles. The Morgan fingerprint density at radius 3 is 2.47 bits per heavy atom. The van der Waals surface area contributed by atoms with Crippen LogP contribution in [0.15, 0.2) is 29.0 Å². The van der Waals surface area contributed by atoms with E-state index in [9.17, 15) is 0 Å². The normalized spacial score (nSPS) is 22.0. The van der Waals surface area contributed by atoms with Crippen molar-refractivity contribution in [1.82, 2.24) is 10.2 Å². The molecule has 0 atom stereocenters. The SMILES string of the molecule is C=C/N=C(C)\C(C(=N)C1CC1)=C(/C)N1CCNCC1. The summed E-state index contributed by atoms with van der Waals surface area (Å²) in [7, 11) is 0. The van der Waals surface area contributed by atoms with Gasteiger partial charge in [0.1, 0.15) is 0 Å².